The highest BCUT2D eigenvalue weighted by Crippen LogP contribution is 2.31. The molecule has 1 aromatic rings. The quantitative estimate of drug-likeness (QED) is 0.854. The summed E-state index contributed by atoms with van der Waals surface area (Å²) in [5.41, 5.74) is 1.26. The van der Waals surface area contributed by atoms with E-state index in [1.807, 2.05) is 12.1 Å². The molecule has 0 aliphatic carbocycles. The van der Waals surface area contributed by atoms with Gasteiger partial charge in [0.25, 0.3) is 0 Å². The molecule has 1 fully saturated rings. The summed E-state index contributed by atoms with van der Waals surface area (Å²) >= 11 is 0. The van der Waals surface area contributed by atoms with Crippen LogP contribution < -0.4 is 10.1 Å². The first-order valence-electron chi connectivity index (χ1n) is 7.27. The van der Waals surface area contributed by atoms with Crippen LogP contribution in [0.2, 0.25) is 0 Å². The molecule has 1 aliphatic heterocycles. The number of ether oxygens (including phenoxy) is 2. The van der Waals surface area contributed by atoms with Crippen molar-refractivity contribution in [2.45, 2.75) is 51.4 Å². The van der Waals surface area contributed by atoms with Gasteiger partial charge in [-0.1, -0.05) is 19.1 Å². The number of rotatable bonds is 6. The molecule has 19 heavy (non-hydrogen) atoms. The van der Waals surface area contributed by atoms with Crippen molar-refractivity contribution in [2.75, 3.05) is 13.7 Å². The zero-order valence-electron chi connectivity index (χ0n) is 12.2. The molecule has 0 radical (unpaired) electrons. The lowest BCUT2D eigenvalue weighted by Gasteiger charge is -2.25. The highest BCUT2D eigenvalue weighted by molar-refractivity contribution is 5.31. The SMILES string of the molecule is CCCNC(c1cccc(OC)c1)C1CCC(C)O1. The van der Waals surface area contributed by atoms with Gasteiger partial charge in [0.05, 0.1) is 25.4 Å². The molecule has 2 rings (SSSR count). The highest BCUT2D eigenvalue weighted by atomic mass is 16.5. The molecule has 3 unspecified atom stereocenters. The lowest BCUT2D eigenvalue weighted by Crippen LogP contribution is -2.32. The third kappa shape index (κ3) is 3.71. The number of hydrogen-bond donors (Lipinski definition) is 1. The molecule has 1 saturated heterocycles. The molecule has 0 aromatic heterocycles. The zero-order valence-corrected chi connectivity index (χ0v) is 12.2. The van der Waals surface area contributed by atoms with Crippen LogP contribution in [0.4, 0.5) is 0 Å². The van der Waals surface area contributed by atoms with Crippen LogP contribution in [-0.4, -0.2) is 25.9 Å². The van der Waals surface area contributed by atoms with Crippen LogP contribution in [0.5, 0.6) is 5.75 Å². The van der Waals surface area contributed by atoms with Gasteiger partial charge in [0.2, 0.25) is 0 Å². The molecule has 0 bridgehead atoms. The first-order chi connectivity index (χ1) is 9.24. The average Bonchev–Trinajstić information content (AvgIpc) is 2.86. The minimum absolute atomic E-state index is 0.264. The second-order valence-corrected chi connectivity index (χ2v) is 5.27. The van der Waals surface area contributed by atoms with Crippen LogP contribution in [-0.2, 0) is 4.74 Å². The van der Waals surface area contributed by atoms with E-state index in [1.54, 1.807) is 7.11 Å². The van der Waals surface area contributed by atoms with E-state index in [-0.39, 0.29) is 12.1 Å². The maximum Gasteiger partial charge on any atom is 0.119 e. The van der Waals surface area contributed by atoms with Gasteiger partial charge in [0, 0.05) is 0 Å². The second kappa shape index (κ2) is 6.92. The van der Waals surface area contributed by atoms with Crippen LogP contribution in [0.3, 0.4) is 0 Å². The van der Waals surface area contributed by atoms with Crippen LogP contribution >= 0.6 is 0 Å². The van der Waals surface area contributed by atoms with Crippen molar-refractivity contribution in [2.24, 2.45) is 0 Å². The van der Waals surface area contributed by atoms with E-state index >= 15 is 0 Å². The van der Waals surface area contributed by atoms with Crippen molar-refractivity contribution in [1.82, 2.24) is 5.32 Å². The first-order valence-corrected chi connectivity index (χ1v) is 7.27. The summed E-state index contributed by atoms with van der Waals surface area (Å²) in [6.45, 7) is 5.35. The van der Waals surface area contributed by atoms with Gasteiger partial charge >= 0.3 is 0 Å². The molecule has 1 heterocycles. The van der Waals surface area contributed by atoms with E-state index in [1.165, 1.54) is 5.56 Å². The van der Waals surface area contributed by atoms with E-state index < -0.39 is 0 Å². The van der Waals surface area contributed by atoms with Gasteiger partial charge in [-0.05, 0) is 50.4 Å². The largest absolute Gasteiger partial charge is 0.497 e. The van der Waals surface area contributed by atoms with E-state index in [9.17, 15) is 0 Å². The van der Waals surface area contributed by atoms with Gasteiger partial charge in [-0.2, -0.15) is 0 Å². The predicted octanol–water partition coefficient (Wildman–Crippen LogP) is 3.30. The molecule has 1 aliphatic rings. The fraction of sp³-hybridized carbons (Fsp3) is 0.625. The molecule has 106 valence electrons. The molecule has 3 atom stereocenters. The minimum Gasteiger partial charge on any atom is -0.497 e. The van der Waals surface area contributed by atoms with Crippen molar-refractivity contribution in [3.63, 3.8) is 0 Å². The summed E-state index contributed by atoms with van der Waals surface area (Å²) in [6, 6.07) is 8.56. The van der Waals surface area contributed by atoms with Gasteiger partial charge in [0.1, 0.15) is 5.75 Å². The third-order valence-electron chi connectivity index (χ3n) is 3.70. The Hall–Kier alpha value is -1.06. The summed E-state index contributed by atoms with van der Waals surface area (Å²) in [5, 5.41) is 3.62. The average molecular weight is 263 g/mol. The normalized spacial score (nSPS) is 24.4. The topological polar surface area (TPSA) is 30.5 Å². The summed E-state index contributed by atoms with van der Waals surface area (Å²) in [6.07, 6.45) is 4.05. The maximum absolute atomic E-state index is 6.05. The van der Waals surface area contributed by atoms with Crippen molar-refractivity contribution in [3.05, 3.63) is 29.8 Å². The monoisotopic (exact) mass is 263 g/mol. The van der Waals surface area contributed by atoms with Crippen LogP contribution in [0.25, 0.3) is 0 Å². The molecule has 1 aromatic carbocycles. The van der Waals surface area contributed by atoms with Gasteiger partial charge in [-0.15, -0.1) is 0 Å². The Morgan fingerprint density at radius 2 is 2.26 bits per heavy atom. The van der Waals surface area contributed by atoms with Gasteiger partial charge in [-0.3, -0.25) is 0 Å². The molecule has 3 nitrogen and oxygen atoms in total. The summed E-state index contributed by atoms with van der Waals surface area (Å²) < 4.78 is 11.4. The predicted molar refractivity (Wildman–Crippen MR) is 77.6 cm³/mol. The zero-order chi connectivity index (χ0) is 13.7. The Balaban J connectivity index is 2.15. The fourth-order valence-electron chi connectivity index (χ4n) is 2.68. The van der Waals surface area contributed by atoms with Gasteiger partial charge in [0.15, 0.2) is 0 Å². The van der Waals surface area contributed by atoms with Crippen LogP contribution in [0.15, 0.2) is 24.3 Å². The van der Waals surface area contributed by atoms with Crippen molar-refractivity contribution in [3.8, 4) is 5.75 Å². The lowest BCUT2D eigenvalue weighted by atomic mass is 9.98. The number of hydrogen-bond acceptors (Lipinski definition) is 3. The summed E-state index contributed by atoms with van der Waals surface area (Å²) in [4.78, 5) is 0. The van der Waals surface area contributed by atoms with Gasteiger partial charge in [-0.25, -0.2) is 0 Å². The number of benzene rings is 1. The molecule has 3 heteroatoms. The van der Waals surface area contributed by atoms with Crippen molar-refractivity contribution in [1.29, 1.82) is 0 Å². The molecule has 0 saturated carbocycles. The van der Waals surface area contributed by atoms with E-state index in [0.717, 1.165) is 31.6 Å². The van der Waals surface area contributed by atoms with Crippen LogP contribution in [0, 0.1) is 0 Å². The summed E-state index contributed by atoms with van der Waals surface area (Å²) in [5.74, 6) is 0.909. The third-order valence-corrected chi connectivity index (χ3v) is 3.70. The first kappa shape index (κ1) is 14.4. The van der Waals surface area contributed by atoms with Crippen molar-refractivity contribution >= 4 is 0 Å². The Kier molecular flexibility index (Phi) is 5.23. The molecular weight excluding hydrogens is 238 g/mol. The van der Waals surface area contributed by atoms with Gasteiger partial charge < -0.3 is 14.8 Å². The highest BCUT2D eigenvalue weighted by Gasteiger charge is 2.30. The van der Waals surface area contributed by atoms with E-state index in [2.05, 4.69) is 31.3 Å². The number of methoxy groups -OCH3 is 1. The fourth-order valence-corrected chi connectivity index (χ4v) is 2.68. The van der Waals surface area contributed by atoms with E-state index in [0.29, 0.717) is 6.10 Å². The maximum atomic E-state index is 6.05. The van der Waals surface area contributed by atoms with E-state index in [4.69, 9.17) is 9.47 Å². The Bertz CT molecular complexity index is 394. The standard InChI is InChI=1S/C16H25NO2/c1-4-10-17-16(15-9-8-12(2)19-15)13-6-5-7-14(11-13)18-3/h5-7,11-12,15-17H,4,8-10H2,1-3H3. The second-order valence-electron chi connectivity index (χ2n) is 5.27. The smallest absolute Gasteiger partial charge is 0.119 e. The molecular formula is C16H25NO2. The summed E-state index contributed by atoms with van der Waals surface area (Å²) in [7, 11) is 1.71. The van der Waals surface area contributed by atoms with Crippen LogP contribution in [0.1, 0.15) is 44.7 Å². The molecule has 0 spiro atoms. The Labute approximate surface area is 116 Å². The Morgan fingerprint density at radius 1 is 1.42 bits per heavy atom. The lowest BCUT2D eigenvalue weighted by molar-refractivity contribution is 0.0316. The minimum atomic E-state index is 0.264. The van der Waals surface area contributed by atoms with Crippen molar-refractivity contribution < 1.29 is 9.47 Å². The Morgan fingerprint density at radius 3 is 2.89 bits per heavy atom. The number of nitrogens with one attached hydrogen (secondary N) is 1. The molecule has 1 N–H and O–H groups in total. The molecule has 0 amide bonds.